The first kappa shape index (κ1) is 24.8. The number of carbonyl (C=O) groups excluding carboxylic acids is 1. The molecule has 3 aromatic rings. The number of ether oxygens (including phenoxy) is 4. The zero-order chi connectivity index (χ0) is 24.5. The smallest absolute Gasteiger partial charge is 0.309 e. The van der Waals surface area contributed by atoms with Gasteiger partial charge in [-0.1, -0.05) is 37.8 Å². The maximum Gasteiger partial charge on any atom is 0.309 e. The van der Waals surface area contributed by atoms with Gasteiger partial charge in [-0.3, -0.25) is 4.79 Å². The zero-order valence-corrected chi connectivity index (χ0v) is 19.7. The van der Waals surface area contributed by atoms with Gasteiger partial charge in [-0.2, -0.15) is 0 Å². The molecule has 0 bridgehead atoms. The van der Waals surface area contributed by atoms with E-state index in [2.05, 4.69) is 6.58 Å². The second-order valence-electron chi connectivity index (χ2n) is 7.70. The predicted octanol–water partition coefficient (Wildman–Crippen LogP) is 6.45. The van der Waals surface area contributed by atoms with Gasteiger partial charge in [0, 0.05) is 11.1 Å². The van der Waals surface area contributed by atoms with Crippen LogP contribution in [-0.2, 0) is 16.1 Å². The molecule has 0 aliphatic heterocycles. The lowest BCUT2D eigenvalue weighted by atomic mass is 10.0. The van der Waals surface area contributed by atoms with Crippen molar-refractivity contribution in [1.29, 1.82) is 0 Å². The van der Waals surface area contributed by atoms with Gasteiger partial charge in [0.05, 0.1) is 27.2 Å². The second kappa shape index (κ2) is 11.9. The third kappa shape index (κ3) is 6.38. The molecule has 0 fully saturated rings. The molecule has 0 radical (unpaired) electrons. The van der Waals surface area contributed by atoms with E-state index in [1.54, 1.807) is 19.2 Å². The number of esters is 1. The Bertz CT molecular complexity index is 1160. The molecule has 0 saturated carbocycles. The first-order chi connectivity index (χ1) is 16.4. The van der Waals surface area contributed by atoms with E-state index in [-0.39, 0.29) is 24.8 Å². The summed E-state index contributed by atoms with van der Waals surface area (Å²) in [5, 5.41) is 0. The number of rotatable bonds is 11. The molecule has 3 aromatic carbocycles. The van der Waals surface area contributed by atoms with Crippen LogP contribution in [0.5, 0.6) is 17.2 Å². The molecule has 0 amide bonds. The zero-order valence-electron chi connectivity index (χ0n) is 19.7. The Balaban J connectivity index is 1.80. The van der Waals surface area contributed by atoms with E-state index in [9.17, 15) is 9.18 Å². The number of benzene rings is 3. The number of methoxy groups -OCH3 is 2. The number of carbonyl (C=O) groups is 1. The molecule has 0 N–H and O–H groups in total. The fourth-order valence-electron chi connectivity index (χ4n) is 3.37. The maximum atomic E-state index is 14.6. The third-order valence-electron chi connectivity index (χ3n) is 5.20. The summed E-state index contributed by atoms with van der Waals surface area (Å²) in [7, 11) is 2.90. The fraction of sp³-hybridized carbons (Fsp3) is 0.250. The van der Waals surface area contributed by atoms with Crippen molar-refractivity contribution in [3.05, 3.63) is 84.2 Å². The average Bonchev–Trinajstić information content (AvgIpc) is 2.86. The van der Waals surface area contributed by atoms with E-state index < -0.39 is 0 Å². The highest BCUT2D eigenvalue weighted by Crippen LogP contribution is 2.35. The number of halogens is 1. The van der Waals surface area contributed by atoms with Gasteiger partial charge in [0.25, 0.3) is 0 Å². The Morgan fingerprint density at radius 3 is 2.50 bits per heavy atom. The molecule has 0 atom stereocenters. The summed E-state index contributed by atoms with van der Waals surface area (Å²) in [5.74, 6) is 1.09. The summed E-state index contributed by atoms with van der Waals surface area (Å²) in [6.07, 6.45) is 0.934. The van der Waals surface area contributed by atoms with Crippen molar-refractivity contribution in [2.75, 3.05) is 20.8 Å². The first-order valence-electron chi connectivity index (χ1n) is 11.0. The summed E-state index contributed by atoms with van der Waals surface area (Å²) in [6.45, 7) is 6.77. The quantitative estimate of drug-likeness (QED) is 0.306. The highest BCUT2D eigenvalue weighted by atomic mass is 19.1. The third-order valence-corrected chi connectivity index (χ3v) is 5.20. The van der Waals surface area contributed by atoms with E-state index in [4.69, 9.17) is 18.9 Å². The van der Waals surface area contributed by atoms with Crippen LogP contribution in [0.25, 0.3) is 16.7 Å². The molecule has 0 unspecified atom stereocenters. The summed E-state index contributed by atoms with van der Waals surface area (Å²) in [6, 6.07) is 17.6. The molecular formula is C28H29FO5. The van der Waals surface area contributed by atoms with E-state index in [1.807, 2.05) is 49.4 Å². The van der Waals surface area contributed by atoms with Crippen LogP contribution in [-0.4, -0.2) is 26.8 Å². The SMILES string of the molecule is C=C(CC(=O)OC)c1cccc(OCc2ccc(-c3cc(OC)ccc3F)c(OCCC)c2)c1. The van der Waals surface area contributed by atoms with E-state index in [0.717, 1.165) is 17.5 Å². The molecule has 5 nitrogen and oxygen atoms in total. The highest BCUT2D eigenvalue weighted by molar-refractivity contribution is 5.84. The van der Waals surface area contributed by atoms with Crippen molar-refractivity contribution in [2.45, 2.75) is 26.4 Å². The van der Waals surface area contributed by atoms with Gasteiger partial charge >= 0.3 is 5.97 Å². The molecule has 6 heteroatoms. The van der Waals surface area contributed by atoms with Gasteiger partial charge in [-0.25, -0.2) is 4.39 Å². The average molecular weight is 465 g/mol. The largest absolute Gasteiger partial charge is 0.497 e. The summed E-state index contributed by atoms with van der Waals surface area (Å²) in [5.41, 5.74) is 3.39. The lowest BCUT2D eigenvalue weighted by Crippen LogP contribution is -2.02. The minimum atomic E-state index is -0.352. The van der Waals surface area contributed by atoms with Crippen molar-refractivity contribution >= 4 is 11.5 Å². The predicted molar refractivity (Wildman–Crippen MR) is 131 cm³/mol. The number of hydrogen-bond donors (Lipinski definition) is 0. The second-order valence-corrected chi connectivity index (χ2v) is 7.70. The lowest BCUT2D eigenvalue weighted by Gasteiger charge is -2.15. The van der Waals surface area contributed by atoms with Crippen LogP contribution in [0.2, 0.25) is 0 Å². The van der Waals surface area contributed by atoms with Gasteiger partial charge in [0.15, 0.2) is 0 Å². The van der Waals surface area contributed by atoms with Gasteiger partial charge in [0.1, 0.15) is 29.7 Å². The molecule has 0 aliphatic carbocycles. The summed E-state index contributed by atoms with van der Waals surface area (Å²) >= 11 is 0. The molecule has 0 spiro atoms. The monoisotopic (exact) mass is 464 g/mol. The van der Waals surface area contributed by atoms with Crippen LogP contribution in [0.3, 0.4) is 0 Å². The van der Waals surface area contributed by atoms with Crippen molar-refractivity contribution in [3.63, 3.8) is 0 Å². The molecule has 0 heterocycles. The van der Waals surface area contributed by atoms with Gasteiger partial charge in [-0.15, -0.1) is 0 Å². The van der Waals surface area contributed by atoms with Crippen LogP contribution in [0.4, 0.5) is 4.39 Å². The van der Waals surface area contributed by atoms with Crippen molar-refractivity contribution in [1.82, 2.24) is 0 Å². The highest BCUT2D eigenvalue weighted by Gasteiger charge is 2.14. The minimum absolute atomic E-state index is 0.111. The van der Waals surface area contributed by atoms with Crippen LogP contribution >= 0.6 is 0 Å². The fourth-order valence-corrected chi connectivity index (χ4v) is 3.37. The van der Waals surface area contributed by atoms with Crippen molar-refractivity contribution in [3.8, 4) is 28.4 Å². The van der Waals surface area contributed by atoms with Gasteiger partial charge < -0.3 is 18.9 Å². The Morgan fingerprint density at radius 1 is 0.941 bits per heavy atom. The van der Waals surface area contributed by atoms with Gasteiger partial charge in [-0.05, 0) is 59.5 Å². The van der Waals surface area contributed by atoms with E-state index >= 15 is 0 Å². The van der Waals surface area contributed by atoms with Crippen molar-refractivity contribution < 1.29 is 28.1 Å². The van der Waals surface area contributed by atoms with Gasteiger partial charge in [0.2, 0.25) is 0 Å². The Hall–Kier alpha value is -3.80. The number of hydrogen-bond acceptors (Lipinski definition) is 5. The van der Waals surface area contributed by atoms with Crippen LogP contribution in [0, 0.1) is 5.82 Å². The van der Waals surface area contributed by atoms with Crippen LogP contribution in [0.15, 0.2) is 67.2 Å². The first-order valence-corrected chi connectivity index (χ1v) is 11.0. The molecule has 0 aliphatic rings. The van der Waals surface area contributed by atoms with Crippen LogP contribution in [0.1, 0.15) is 30.9 Å². The standard InChI is InChI=1S/C28H29FO5/c1-5-13-33-27-15-20(9-11-24(27)25-17-22(31-3)10-12-26(25)29)18-34-23-8-6-7-21(16-23)19(2)14-28(30)32-4/h6-12,15-17H,2,5,13-14,18H2,1,3-4H3. The van der Waals surface area contributed by atoms with E-state index in [1.165, 1.54) is 13.2 Å². The normalized spacial score (nSPS) is 10.5. The maximum absolute atomic E-state index is 14.6. The molecule has 3 rings (SSSR count). The summed E-state index contributed by atoms with van der Waals surface area (Å²) < 4.78 is 36.5. The summed E-state index contributed by atoms with van der Waals surface area (Å²) in [4.78, 5) is 11.5. The van der Waals surface area contributed by atoms with E-state index in [0.29, 0.717) is 40.6 Å². The Labute approximate surface area is 199 Å². The Kier molecular flexibility index (Phi) is 8.68. The molecule has 0 saturated heterocycles. The van der Waals surface area contributed by atoms with Crippen molar-refractivity contribution in [2.24, 2.45) is 0 Å². The molecular weight excluding hydrogens is 435 g/mol. The molecule has 34 heavy (non-hydrogen) atoms. The molecule has 0 aromatic heterocycles. The Morgan fingerprint density at radius 2 is 1.76 bits per heavy atom. The minimum Gasteiger partial charge on any atom is -0.497 e. The molecule has 178 valence electrons. The topological polar surface area (TPSA) is 54.0 Å². The van der Waals surface area contributed by atoms with Crippen LogP contribution < -0.4 is 14.2 Å². The lowest BCUT2D eigenvalue weighted by molar-refractivity contribution is -0.139.